The Morgan fingerprint density at radius 1 is 1.26 bits per heavy atom. The summed E-state index contributed by atoms with van der Waals surface area (Å²) in [7, 11) is 3.02. The molecule has 1 aromatic heterocycles. The van der Waals surface area contributed by atoms with E-state index in [1.807, 2.05) is 30.3 Å². The zero-order valence-electron chi connectivity index (χ0n) is 16.6. The first-order valence-electron chi connectivity index (χ1n) is 9.02. The lowest BCUT2D eigenvalue weighted by atomic mass is 10.1. The molecule has 3 aromatic rings. The molecule has 1 amide bonds. The fourth-order valence-corrected chi connectivity index (χ4v) is 3.23. The summed E-state index contributed by atoms with van der Waals surface area (Å²) < 4.78 is 1.06. The maximum Gasteiger partial charge on any atom is 0.290 e. The van der Waals surface area contributed by atoms with Gasteiger partial charge in [0.1, 0.15) is 15.9 Å². The molecule has 0 fully saturated rings. The lowest BCUT2D eigenvalue weighted by Crippen LogP contribution is -2.32. The molecule has 3 N–H and O–H groups in total. The number of nitrogens with zero attached hydrogens (tertiary/aromatic N) is 3. The monoisotopic (exact) mass is 483 g/mol. The lowest BCUT2D eigenvalue weighted by molar-refractivity contribution is 0.0825. The quantitative estimate of drug-likeness (QED) is 0.381. The number of hydrogen-bond donors (Lipinski definition) is 3. The topological polar surface area (TPSA) is 112 Å². The average molecular weight is 484 g/mol. The number of aromatic nitrogens is 2. The van der Waals surface area contributed by atoms with Crippen molar-refractivity contribution in [1.82, 2.24) is 14.7 Å². The number of phenolic OH excluding ortho intramolecular Hbond substituents is 1. The van der Waals surface area contributed by atoms with Crippen molar-refractivity contribution in [3.63, 3.8) is 0 Å². The van der Waals surface area contributed by atoms with Crippen molar-refractivity contribution in [3.05, 3.63) is 90.2 Å². The first kappa shape index (κ1) is 21.9. The maximum absolute atomic E-state index is 13.0. The van der Waals surface area contributed by atoms with Gasteiger partial charge in [-0.2, -0.15) is 0 Å². The molecule has 0 aliphatic rings. The predicted octanol–water partition coefficient (Wildman–Crippen LogP) is 3.05. The van der Waals surface area contributed by atoms with E-state index in [2.05, 4.69) is 31.2 Å². The first-order chi connectivity index (χ1) is 14.7. The van der Waals surface area contributed by atoms with Crippen LogP contribution in [0.5, 0.6) is 5.75 Å². The first-order valence-corrected chi connectivity index (χ1v) is 9.82. The Kier molecular flexibility index (Phi) is 6.27. The van der Waals surface area contributed by atoms with Gasteiger partial charge < -0.3 is 15.3 Å². The van der Waals surface area contributed by atoms with E-state index in [4.69, 9.17) is 6.57 Å². The zero-order valence-corrected chi connectivity index (χ0v) is 18.2. The van der Waals surface area contributed by atoms with Gasteiger partial charge in [0.15, 0.2) is 5.69 Å². The minimum atomic E-state index is -0.566. The normalized spacial score (nSPS) is 10.4. The molecule has 0 aliphatic carbocycles. The summed E-state index contributed by atoms with van der Waals surface area (Å²) in [5.41, 5.74) is -0.548. The molecule has 0 aliphatic heterocycles. The van der Waals surface area contributed by atoms with Crippen molar-refractivity contribution in [2.24, 2.45) is 0 Å². The lowest BCUT2D eigenvalue weighted by Gasteiger charge is -2.16. The summed E-state index contributed by atoms with van der Waals surface area (Å²) in [5.74, 6) is -0.954. The summed E-state index contributed by atoms with van der Waals surface area (Å²) in [5, 5.41) is 15.8. The molecule has 31 heavy (non-hydrogen) atoms. The van der Waals surface area contributed by atoms with Crippen molar-refractivity contribution in [2.75, 3.05) is 19.4 Å². The molecule has 158 valence electrons. The van der Waals surface area contributed by atoms with Gasteiger partial charge in [-0.05, 0) is 33.6 Å². The van der Waals surface area contributed by atoms with E-state index in [-0.39, 0.29) is 33.6 Å². The van der Waals surface area contributed by atoms with Gasteiger partial charge in [0.05, 0.1) is 24.4 Å². The van der Waals surface area contributed by atoms with Gasteiger partial charge in [-0.15, -0.1) is 0 Å². The average Bonchev–Trinajstić information content (AvgIpc) is 2.76. The van der Waals surface area contributed by atoms with Crippen molar-refractivity contribution < 1.29 is 9.90 Å². The Morgan fingerprint density at radius 2 is 1.94 bits per heavy atom. The molecule has 0 saturated heterocycles. The number of nitrogens with one attached hydrogen (secondary N) is 2. The number of benzene rings is 2. The van der Waals surface area contributed by atoms with Gasteiger partial charge >= 0.3 is 0 Å². The highest BCUT2D eigenvalue weighted by Gasteiger charge is 2.21. The molecule has 0 radical (unpaired) electrons. The van der Waals surface area contributed by atoms with Gasteiger partial charge in [-0.1, -0.05) is 30.3 Å². The Bertz CT molecular complexity index is 1310. The molecule has 9 nitrogen and oxygen atoms in total. The molecule has 1 heterocycles. The third kappa shape index (κ3) is 4.51. The number of aromatic amines is 1. The van der Waals surface area contributed by atoms with E-state index in [9.17, 15) is 19.5 Å². The van der Waals surface area contributed by atoms with Crippen LogP contribution >= 0.6 is 15.9 Å². The van der Waals surface area contributed by atoms with Crippen molar-refractivity contribution in [3.8, 4) is 5.75 Å². The minimum absolute atomic E-state index is 0.0478. The van der Waals surface area contributed by atoms with Crippen LogP contribution in [0.2, 0.25) is 0 Å². The standard InChI is InChI=1S/C21H18BrN5O4/c1-23-13-9-14(20(30)26(2)3)18(28)15(10-13)24-17-16(22)19(29)25-27(21(17)31)11-12-7-5-4-6-8-12/h4-10,24,28H,11H2,2-3H3,(H,25,29). The summed E-state index contributed by atoms with van der Waals surface area (Å²) in [6, 6.07) is 11.6. The van der Waals surface area contributed by atoms with Gasteiger partial charge in [-0.3, -0.25) is 19.5 Å². The molecule has 2 aromatic carbocycles. The van der Waals surface area contributed by atoms with E-state index >= 15 is 0 Å². The van der Waals surface area contributed by atoms with Crippen molar-refractivity contribution in [1.29, 1.82) is 0 Å². The largest absolute Gasteiger partial charge is 0.505 e. The highest BCUT2D eigenvalue weighted by atomic mass is 79.9. The van der Waals surface area contributed by atoms with Crippen LogP contribution in [0.15, 0.2) is 56.5 Å². The number of anilines is 2. The number of phenols is 1. The van der Waals surface area contributed by atoms with Gasteiger partial charge in [0.25, 0.3) is 17.0 Å². The Morgan fingerprint density at radius 3 is 2.55 bits per heavy atom. The van der Waals surface area contributed by atoms with Crippen LogP contribution in [-0.2, 0) is 6.54 Å². The summed E-state index contributed by atoms with van der Waals surface area (Å²) in [4.78, 5) is 42.4. The Labute approximate surface area is 185 Å². The summed E-state index contributed by atoms with van der Waals surface area (Å²) in [6.45, 7) is 7.39. The van der Waals surface area contributed by atoms with Gasteiger partial charge in [0.2, 0.25) is 0 Å². The Balaban J connectivity index is 2.12. The molecule has 3 rings (SSSR count). The molecular formula is C21H18BrN5O4. The summed E-state index contributed by atoms with van der Waals surface area (Å²) >= 11 is 3.10. The zero-order chi connectivity index (χ0) is 22.7. The Hall–Kier alpha value is -3.84. The molecule has 0 saturated carbocycles. The van der Waals surface area contributed by atoms with E-state index in [1.54, 1.807) is 0 Å². The molecular weight excluding hydrogens is 466 g/mol. The second-order valence-corrected chi connectivity index (χ2v) is 7.63. The number of aromatic hydroxyl groups is 1. The summed E-state index contributed by atoms with van der Waals surface area (Å²) in [6.07, 6.45) is 0. The molecule has 10 heteroatoms. The molecule has 0 unspecified atom stereocenters. The van der Waals surface area contributed by atoms with E-state index in [1.165, 1.54) is 31.1 Å². The fraction of sp³-hybridized carbons (Fsp3) is 0.143. The SMILES string of the molecule is [C-]#[N+]c1cc(Nc2c(Br)c(=O)[nH]n(Cc3ccccc3)c2=O)c(O)c(C(=O)N(C)C)c1. The van der Waals surface area contributed by atoms with Crippen LogP contribution in [0.3, 0.4) is 0 Å². The van der Waals surface area contributed by atoms with Crippen LogP contribution in [0.1, 0.15) is 15.9 Å². The van der Waals surface area contributed by atoms with E-state index < -0.39 is 22.8 Å². The maximum atomic E-state index is 13.0. The second kappa shape index (κ2) is 8.89. The fourth-order valence-electron chi connectivity index (χ4n) is 2.87. The van der Waals surface area contributed by atoms with Crippen LogP contribution in [0, 0.1) is 6.57 Å². The van der Waals surface area contributed by atoms with Gasteiger partial charge in [-0.25, -0.2) is 9.53 Å². The smallest absolute Gasteiger partial charge is 0.290 e. The number of H-pyrrole nitrogens is 1. The van der Waals surface area contributed by atoms with Gasteiger partial charge in [0, 0.05) is 14.1 Å². The van der Waals surface area contributed by atoms with Crippen LogP contribution in [-0.4, -0.2) is 39.8 Å². The van der Waals surface area contributed by atoms with Crippen LogP contribution in [0.25, 0.3) is 4.85 Å². The number of rotatable bonds is 5. The van der Waals surface area contributed by atoms with Crippen molar-refractivity contribution in [2.45, 2.75) is 6.54 Å². The highest BCUT2D eigenvalue weighted by molar-refractivity contribution is 9.10. The minimum Gasteiger partial charge on any atom is -0.505 e. The van der Waals surface area contributed by atoms with E-state index in [0.717, 1.165) is 10.2 Å². The number of carbonyl (C=O) groups excluding carboxylic acids is 1. The second-order valence-electron chi connectivity index (χ2n) is 6.83. The third-order valence-corrected chi connectivity index (χ3v) is 5.17. The van der Waals surface area contributed by atoms with Crippen LogP contribution in [0.4, 0.5) is 17.1 Å². The highest BCUT2D eigenvalue weighted by Crippen LogP contribution is 2.35. The van der Waals surface area contributed by atoms with E-state index in [0.29, 0.717) is 0 Å². The molecule has 0 atom stereocenters. The number of amides is 1. The number of hydrogen-bond acceptors (Lipinski definition) is 5. The molecule has 0 bridgehead atoms. The predicted molar refractivity (Wildman–Crippen MR) is 120 cm³/mol. The number of halogens is 1. The number of carbonyl (C=O) groups is 1. The molecule has 0 spiro atoms. The van der Waals surface area contributed by atoms with Crippen molar-refractivity contribution >= 4 is 38.9 Å². The third-order valence-electron chi connectivity index (χ3n) is 4.42. The van der Waals surface area contributed by atoms with Crippen LogP contribution < -0.4 is 16.4 Å².